The Kier molecular flexibility index (Phi) is 2.71. The largest absolute Gasteiger partial charge is 0.340 e. The molecule has 2 heterocycles. The van der Waals surface area contributed by atoms with Gasteiger partial charge in [0.1, 0.15) is 12.1 Å². The van der Waals surface area contributed by atoms with Crippen LogP contribution in [0.3, 0.4) is 0 Å². The van der Waals surface area contributed by atoms with Crippen molar-refractivity contribution in [1.29, 1.82) is 0 Å². The number of nitrogens with one attached hydrogen (secondary N) is 2. The SMILES string of the molecule is c1ccc(Nc2ncnc3c2CCNC3)cc1. The molecule has 0 fully saturated rings. The average Bonchev–Trinajstić information content (AvgIpc) is 2.40. The van der Waals surface area contributed by atoms with Gasteiger partial charge < -0.3 is 10.6 Å². The van der Waals surface area contributed by atoms with E-state index in [1.807, 2.05) is 30.3 Å². The molecule has 1 aliphatic rings. The molecule has 1 aromatic heterocycles. The molecule has 4 nitrogen and oxygen atoms in total. The van der Waals surface area contributed by atoms with Crippen molar-refractivity contribution < 1.29 is 0 Å². The van der Waals surface area contributed by atoms with E-state index in [4.69, 9.17) is 0 Å². The standard InChI is InChI=1S/C13H14N4/c1-2-4-10(5-3-1)17-13-11-6-7-14-8-12(11)15-9-16-13/h1-5,9,14H,6-8H2,(H,15,16,17). The van der Waals surface area contributed by atoms with Crippen molar-refractivity contribution in [1.82, 2.24) is 15.3 Å². The lowest BCUT2D eigenvalue weighted by Crippen LogP contribution is -2.25. The van der Waals surface area contributed by atoms with Crippen LogP contribution in [-0.4, -0.2) is 16.5 Å². The number of benzene rings is 1. The summed E-state index contributed by atoms with van der Waals surface area (Å²) in [5.41, 5.74) is 3.40. The maximum atomic E-state index is 4.34. The summed E-state index contributed by atoms with van der Waals surface area (Å²) in [6.07, 6.45) is 2.60. The van der Waals surface area contributed by atoms with Gasteiger partial charge in [-0.2, -0.15) is 0 Å². The lowest BCUT2D eigenvalue weighted by molar-refractivity contribution is 0.624. The Morgan fingerprint density at radius 2 is 2.00 bits per heavy atom. The maximum absolute atomic E-state index is 4.34. The van der Waals surface area contributed by atoms with Crippen LogP contribution in [0, 0.1) is 0 Å². The van der Waals surface area contributed by atoms with Crippen LogP contribution in [0.5, 0.6) is 0 Å². The molecule has 0 radical (unpaired) electrons. The average molecular weight is 226 g/mol. The van der Waals surface area contributed by atoms with Gasteiger partial charge in [-0.25, -0.2) is 9.97 Å². The molecule has 0 saturated heterocycles. The fourth-order valence-corrected chi connectivity index (χ4v) is 2.05. The predicted octanol–water partition coefficient (Wildman–Crippen LogP) is 1.87. The molecule has 3 rings (SSSR count). The smallest absolute Gasteiger partial charge is 0.137 e. The first-order chi connectivity index (χ1) is 8.43. The minimum atomic E-state index is 0.835. The normalized spacial score (nSPS) is 14.1. The zero-order chi connectivity index (χ0) is 11.5. The second-order valence-electron chi connectivity index (χ2n) is 4.07. The van der Waals surface area contributed by atoms with E-state index in [0.29, 0.717) is 0 Å². The second kappa shape index (κ2) is 4.51. The summed E-state index contributed by atoms with van der Waals surface area (Å²) < 4.78 is 0. The molecule has 2 N–H and O–H groups in total. The van der Waals surface area contributed by atoms with Crippen molar-refractivity contribution in [2.75, 3.05) is 11.9 Å². The van der Waals surface area contributed by atoms with E-state index in [0.717, 1.165) is 36.7 Å². The predicted molar refractivity (Wildman–Crippen MR) is 67.2 cm³/mol. The fourth-order valence-electron chi connectivity index (χ4n) is 2.05. The third-order valence-electron chi connectivity index (χ3n) is 2.92. The number of nitrogens with zero attached hydrogens (tertiary/aromatic N) is 2. The molecule has 0 amide bonds. The Bertz CT molecular complexity index is 510. The number of anilines is 2. The van der Waals surface area contributed by atoms with Crippen molar-refractivity contribution in [3.63, 3.8) is 0 Å². The van der Waals surface area contributed by atoms with Gasteiger partial charge in [0, 0.05) is 17.8 Å². The van der Waals surface area contributed by atoms with Crippen molar-refractivity contribution in [2.24, 2.45) is 0 Å². The van der Waals surface area contributed by atoms with Gasteiger partial charge in [0.2, 0.25) is 0 Å². The first-order valence-corrected chi connectivity index (χ1v) is 5.79. The quantitative estimate of drug-likeness (QED) is 0.820. The van der Waals surface area contributed by atoms with Crippen LogP contribution in [-0.2, 0) is 13.0 Å². The number of aromatic nitrogens is 2. The summed E-state index contributed by atoms with van der Waals surface area (Å²) in [7, 11) is 0. The van der Waals surface area contributed by atoms with Crippen LogP contribution in [0.25, 0.3) is 0 Å². The van der Waals surface area contributed by atoms with Gasteiger partial charge in [0.25, 0.3) is 0 Å². The van der Waals surface area contributed by atoms with Gasteiger partial charge in [-0.15, -0.1) is 0 Å². The van der Waals surface area contributed by atoms with E-state index < -0.39 is 0 Å². The summed E-state index contributed by atoms with van der Waals surface area (Å²) in [4.78, 5) is 8.65. The van der Waals surface area contributed by atoms with Gasteiger partial charge in [-0.05, 0) is 25.1 Å². The highest BCUT2D eigenvalue weighted by Gasteiger charge is 2.14. The lowest BCUT2D eigenvalue weighted by Gasteiger charge is -2.18. The van der Waals surface area contributed by atoms with Crippen LogP contribution < -0.4 is 10.6 Å². The number of fused-ring (bicyclic) bond motifs is 1. The molecule has 0 unspecified atom stereocenters. The zero-order valence-electron chi connectivity index (χ0n) is 9.48. The summed E-state index contributed by atoms with van der Waals surface area (Å²) in [5.74, 6) is 0.933. The molecule has 2 aromatic rings. The second-order valence-corrected chi connectivity index (χ2v) is 4.07. The van der Waals surface area contributed by atoms with Crippen LogP contribution in [0.4, 0.5) is 11.5 Å². The van der Waals surface area contributed by atoms with Crippen LogP contribution in [0.15, 0.2) is 36.7 Å². The van der Waals surface area contributed by atoms with Crippen molar-refractivity contribution in [2.45, 2.75) is 13.0 Å². The molecule has 0 bridgehead atoms. The van der Waals surface area contributed by atoms with Gasteiger partial charge >= 0.3 is 0 Å². The highest BCUT2D eigenvalue weighted by Crippen LogP contribution is 2.22. The lowest BCUT2D eigenvalue weighted by atomic mass is 10.1. The van der Waals surface area contributed by atoms with Crippen LogP contribution in [0.2, 0.25) is 0 Å². The highest BCUT2D eigenvalue weighted by molar-refractivity contribution is 5.60. The first kappa shape index (κ1) is 10.2. The molecular weight excluding hydrogens is 212 g/mol. The number of rotatable bonds is 2. The van der Waals surface area contributed by atoms with E-state index >= 15 is 0 Å². The topological polar surface area (TPSA) is 49.8 Å². The van der Waals surface area contributed by atoms with Gasteiger partial charge in [0.15, 0.2) is 0 Å². The molecule has 0 spiro atoms. The minimum absolute atomic E-state index is 0.835. The monoisotopic (exact) mass is 226 g/mol. The van der Waals surface area contributed by atoms with Crippen molar-refractivity contribution in [3.05, 3.63) is 47.9 Å². The molecular formula is C13H14N4. The van der Waals surface area contributed by atoms with Crippen LogP contribution in [0.1, 0.15) is 11.3 Å². The third kappa shape index (κ3) is 2.12. The van der Waals surface area contributed by atoms with E-state index in [1.165, 1.54) is 5.56 Å². The Morgan fingerprint density at radius 1 is 1.12 bits per heavy atom. The summed E-state index contributed by atoms with van der Waals surface area (Å²) in [5, 5.41) is 6.67. The van der Waals surface area contributed by atoms with E-state index in [-0.39, 0.29) is 0 Å². The van der Waals surface area contributed by atoms with Crippen molar-refractivity contribution in [3.8, 4) is 0 Å². The van der Waals surface area contributed by atoms with Gasteiger partial charge in [-0.1, -0.05) is 18.2 Å². The molecule has 17 heavy (non-hydrogen) atoms. The Labute approximate surface area is 100 Å². The van der Waals surface area contributed by atoms with E-state index in [1.54, 1.807) is 6.33 Å². The van der Waals surface area contributed by atoms with Crippen LogP contribution >= 0.6 is 0 Å². The maximum Gasteiger partial charge on any atom is 0.137 e. The molecule has 1 aromatic carbocycles. The summed E-state index contributed by atoms with van der Waals surface area (Å²) in [6, 6.07) is 10.1. The Hall–Kier alpha value is -1.94. The Balaban J connectivity index is 1.93. The van der Waals surface area contributed by atoms with Gasteiger partial charge in [-0.3, -0.25) is 0 Å². The molecule has 0 aliphatic carbocycles. The first-order valence-electron chi connectivity index (χ1n) is 5.79. The van der Waals surface area contributed by atoms with Gasteiger partial charge in [0.05, 0.1) is 5.69 Å². The van der Waals surface area contributed by atoms with E-state index in [9.17, 15) is 0 Å². The number of para-hydroxylation sites is 1. The highest BCUT2D eigenvalue weighted by atomic mass is 15.0. The number of hydrogen-bond donors (Lipinski definition) is 2. The molecule has 0 saturated carbocycles. The zero-order valence-corrected chi connectivity index (χ0v) is 9.48. The van der Waals surface area contributed by atoms with Crippen molar-refractivity contribution >= 4 is 11.5 Å². The van der Waals surface area contributed by atoms with E-state index in [2.05, 4.69) is 20.6 Å². The Morgan fingerprint density at radius 3 is 2.88 bits per heavy atom. The third-order valence-corrected chi connectivity index (χ3v) is 2.92. The molecule has 86 valence electrons. The summed E-state index contributed by atoms with van der Waals surface area (Å²) in [6.45, 7) is 1.82. The fraction of sp³-hybridized carbons (Fsp3) is 0.231. The molecule has 1 aliphatic heterocycles. The minimum Gasteiger partial charge on any atom is -0.340 e. The number of hydrogen-bond acceptors (Lipinski definition) is 4. The summed E-state index contributed by atoms with van der Waals surface area (Å²) >= 11 is 0. The molecule has 0 atom stereocenters. The molecule has 4 heteroatoms.